The summed E-state index contributed by atoms with van der Waals surface area (Å²) >= 11 is 1.56. The van der Waals surface area contributed by atoms with Gasteiger partial charge >= 0.3 is 0 Å². The van der Waals surface area contributed by atoms with Crippen molar-refractivity contribution in [3.63, 3.8) is 0 Å². The number of benzene rings is 2. The van der Waals surface area contributed by atoms with Crippen LogP contribution in [0.2, 0.25) is 0 Å². The molecule has 3 aromatic rings. The summed E-state index contributed by atoms with van der Waals surface area (Å²) < 4.78 is 32.7. The van der Waals surface area contributed by atoms with Crippen LogP contribution in [0.5, 0.6) is 5.75 Å². The first-order valence-corrected chi connectivity index (χ1v) is 13.1. The van der Waals surface area contributed by atoms with Gasteiger partial charge in [0, 0.05) is 17.8 Å². The number of rotatable bonds is 7. The van der Waals surface area contributed by atoms with Gasteiger partial charge in [0.2, 0.25) is 10.0 Å². The van der Waals surface area contributed by atoms with E-state index >= 15 is 0 Å². The average molecular weight is 468 g/mol. The van der Waals surface area contributed by atoms with Crippen LogP contribution in [0.3, 0.4) is 0 Å². The molecule has 0 amide bonds. The summed E-state index contributed by atoms with van der Waals surface area (Å²) in [5.74, 6) is 0.645. The van der Waals surface area contributed by atoms with Crippen LogP contribution in [0.25, 0.3) is 21.0 Å². The molecule has 32 heavy (non-hydrogen) atoms. The summed E-state index contributed by atoms with van der Waals surface area (Å²) in [6, 6.07) is 13.6. The smallest absolute Gasteiger partial charge is 0.211 e. The molecule has 0 radical (unpaired) electrons. The number of hydrogen-bond acceptors (Lipinski definition) is 6. The molecule has 1 aliphatic carbocycles. The largest absolute Gasteiger partial charge is 0.490 e. The minimum Gasteiger partial charge on any atom is -0.490 e. The Morgan fingerprint density at radius 1 is 1.31 bits per heavy atom. The van der Waals surface area contributed by atoms with E-state index in [2.05, 4.69) is 21.8 Å². The van der Waals surface area contributed by atoms with E-state index in [1.165, 1.54) is 5.56 Å². The highest BCUT2D eigenvalue weighted by molar-refractivity contribution is 7.89. The van der Waals surface area contributed by atoms with E-state index in [1.54, 1.807) is 18.3 Å². The fourth-order valence-electron chi connectivity index (χ4n) is 3.95. The molecule has 0 spiro atoms. The van der Waals surface area contributed by atoms with E-state index in [9.17, 15) is 13.7 Å². The maximum absolute atomic E-state index is 12.1. The predicted molar refractivity (Wildman–Crippen MR) is 127 cm³/mol. The molecule has 0 saturated heterocycles. The summed E-state index contributed by atoms with van der Waals surface area (Å²) in [7, 11) is -3.27. The quantitative estimate of drug-likeness (QED) is 0.524. The zero-order chi connectivity index (χ0) is 22.9. The molecule has 1 aliphatic rings. The van der Waals surface area contributed by atoms with Crippen molar-refractivity contribution < 1.29 is 13.2 Å². The molecule has 6 nitrogen and oxygen atoms in total. The fourth-order valence-corrected chi connectivity index (χ4v) is 5.76. The summed E-state index contributed by atoms with van der Waals surface area (Å²) in [4.78, 5) is 5.63. The third-order valence-electron chi connectivity index (χ3n) is 5.45. The Kier molecular flexibility index (Phi) is 6.33. The lowest BCUT2D eigenvalue weighted by Gasteiger charge is -2.14. The van der Waals surface area contributed by atoms with E-state index in [4.69, 9.17) is 4.74 Å². The van der Waals surface area contributed by atoms with Crippen molar-refractivity contribution in [2.75, 3.05) is 5.75 Å². The second kappa shape index (κ2) is 9.02. The van der Waals surface area contributed by atoms with Crippen molar-refractivity contribution >= 4 is 21.4 Å². The van der Waals surface area contributed by atoms with Crippen LogP contribution in [-0.2, 0) is 16.4 Å². The number of nitriles is 1. The lowest BCUT2D eigenvalue weighted by atomic mass is 10.0. The van der Waals surface area contributed by atoms with Crippen LogP contribution >= 0.6 is 11.3 Å². The molecule has 2 aromatic carbocycles. The van der Waals surface area contributed by atoms with Crippen LogP contribution in [0, 0.1) is 11.3 Å². The molecule has 166 valence electrons. The molecule has 0 bridgehead atoms. The topological polar surface area (TPSA) is 92.1 Å². The van der Waals surface area contributed by atoms with Crippen molar-refractivity contribution in [1.29, 1.82) is 5.26 Å². The van der Waals surface area contributed by atoms with Gasteiger partial charge in [0.05, 0.1) is 22.3 Å². The highest BCUT2D eigenvalue weighted by Gasteiger charge is 2.28. The normalized spacial score (nSPS) is 15.5. The second-order valence-corrected chi connectivity index (χ2v) is 11.1. The van der Waals surface area contributed by atoms with Crippen molar-refractivity contribution in [3.05, 3.63) is 59.3 Å². The standard InChI is InChI=1S/C24H25N3O3S2/c1-4-32(28,29)27-21-10-9-18-19(21)6-5-7-20(18)23-14-26-24(31-23)16-8-11-22(30-15(2)3)17(12-16)13-25/h5-8,11-12,14-15,21,27H,4,9-10H2,1-3H3/t21-/m0/s1. The van der Waals surface area contributed by atoms with Gasteiger partial charge in [-0.1, -0.05) is 18.2 Å². The first kappa shape index (κ1) is 22.5. The maximum atomic E-state index is 12.1. The van der Waals surface area contributed by atoms with Gasteiger partial charge in [-0.25, -0.2) is 18.1 Å². The van der Waals surface area contributed by atoms with Crippen LogP contribution in [0.1, 0.15) is 49.9 Å². The van der Waals surface area contributed by atoms with Gasteiger partial charge in [-0.2, -0.15) is 5.26 Å². The number of hydrogen-bond donors (Lipinski definition) is 1. The summed E-state index contributed by atoms with van der Waals surface area (Å²) in [6.45, 7) is 5.50. The number of fused-ring (bicyclic) bond motifs is 1. The van der Waals surface area contributed by atoms with Gasteiger partial charge < -0.3 is 4.74 Å². The molecule has 0 fully saturated rings. The number of nitrogens with one attached hydrogen (secondary N) is 1. The van der Waals surface area contributed by atoms with Crippen molar-refractivity contribution in [2.24, 2.45) is 0 Å². The lowest BCUT2D eigenvalue weighted by Crippen LogP contribution is -2.28. The predicted octanol–water partition coefficient (Wildman–Crippen LogP) is 5.06. The molecule has 1 heterocycles. The zero-order valence-corrected chi connectivity index (χ0v) is 19.9. The van der Waals surface area contributed by atoms with Crippen molar-refractivity contribution in [3.8, 4) is 32.8 Å². The van der Waals surface area contributed by atoms with E-state index in [0.717, 1.165) is 39.4 Å². The van der Waals surface area contributed by atoms with Gasteiger partial charge in [0.25, 0.3) is 0 Å². The molecule has 1 atom stereocenters. The Bertz CT molecular complexity index is 1290. The Morgan fingerprint density at radius 2 is 2.12 bits per heavy atom. The maximum Gasteiger partial charge on any atom is 0.211 e. The molecular weight excluding hydrogens is 442 g/mol. The Morgan fingerprint density at radius 3 is 2.84 bits per heavy atom. The minimum absolute atomic E-state index is 0.00905. The van der Waals surface area contributed by atoms with E-state index in [0.29, 0.717) is 11.3 Å². The molecule has 0 aliphatic heterocycles. The molecule has 8 heteroatoms. The number of nitrogens with zero attached hydrogens (tertiary/aromatic N) is 2. The Balaban J connectivity index is 1.65. The monoisotopic (exact) mass is 467 g/mol. The average Bonchev–Trinajstić information content (AvgIpc) is 3.41. The Hall–Kier alpha value is -2.73. The van der Waals surface area contributed by atoms with Crippen LogP contribution < -0.4 is 9.46 Å². The third kappa shape index (κ3) is 4.56. The molecule has 1 N–H and O–H groups in total. The number of aromatic nitrogens is 1. The van der Waals surface area contributed by atoms with E-state index in [-0.39, 0.29) is 17.9 Å². The highest BCUT2D eigenvalue weighted by atomic mass is 32.2. The molecule has 1 aromatic heterocycles. The first-order valence-electron chi connectivity index (χ1n) is 10.6. The first-order chi connectivity index (χ1) is 15.3. The van der Waals surface area contributed by atoms with E-state index in [1.807, 2.05) is 50.4 Å². The van der Waals surface area contributed by atoms with Crippen molar-refractivity contribution in [1.82, 2.24) is 9.71 Å². The SMILES string of the molecule is CCS(=O)(=O)N[C@H]1CCc2c(-c3cnc(-c4ccc(OC(C)C)c(C#N)c4)s3)cccc21. The highest BCUT2D eigenvalue weighted by Crippen LogP contribution is 2.41. The number of ether oxygens (including phenoxy) is 1. The summed E-state index contributed by atoms with van der Waals surface area (Å²) in [5, 5.41) is 10.3. The fraction of sp³-hybridized carbons (Fsp3) is 0.333. The van der Waals surface area contributed by atoms with Crippen molar-refractivity contribution in [2.45, 2.75) is 45.8 Å². The molecule has 0 saturated carbocycles. The third-order valence-corrected chi connectivity index (χ3v) is 7.94. The van der Waals surface area contributed by atoms with Gasteiger partial charge in [-0.3, -0.25) is 0 Å². The van der Waals surface area contributed by atoms with Gasteiger partial charge in [-0.15, -0.1) is 11.3 Å². The van der Waals surface area contributed by atoms with Crippen LogP contribution in [0.4, 0.5) is 0 Å². The van der Waals surface area contributed by atoms with Gasteiger partial charge in [0.1, 0.15) is 16.8 Å². The summed E-state index contributed by atoms with van der Waals surface area (Å²) in [6.07, 6.45) is 3.41. The van der Waals surface area contributed by atoms with Crippen LogP contribution in [-0.4, -0.2) is 25.3 Å². The Labute approximate surface area is 193 Å². The van der Waals surface area contributed by atoms with Gasteiger partial charge in [-0.05, 0) is 68.5 Å². The zero-order valence-electron chi connectivity index (χ0n) is 18.3. The number of sulfonamides is 1. The minimum atomic E-state index is -3.27. The van der Waals surface area contributed by atoms with Crippen LogP contribution in [0.15, 0.2) is 42.6 Å². The molecule has 0 unspecified atom stereocenters. The summed E-state index contributed by atoms with van der Waals surface area (Å²) in [5.41, 5.74) is 4.65. The molecular formula is C24H25N3O3S2. The van der Waals surface area contributed by atoms with Gasteiger partial charge in [0.15, 0.2) is 0 Å². The second-order valence-electron chi connectivity index (χ2n) is 8.00. The van der Waals surface area contributed by atoms with E-state index < -0.39 is 10.0 Å². The lowest BCUT2D eigenvalue weighted by molar-refractivity contribution is 0.242. The molecule has 4 rings (SSSR count). The number of thiazole rings is 1.